The van der Waals surface area contributed by atoms with Gasteiger partial charge in [0.05, 0.1) is 33.5 Å². The first kappa shape index (κ1) is 34.8. The van der Waals surface area contributed by atoms with Crippen molar-refractivity contribution in [1.29, 1.82) is 0 Å². The fourth-order valence-electron chi connectivity index (χ4n) is 10.8. The van der Waals surface area contributed by atoms with E-state index in [9.17, 15) is 0 Å². The Labute approximate surface area is 360 Å². The maximum Gasteiger partial charge on any atom is 0.0754 e. The molecule has 11 aromatic rings. The van der Waals surface area contributed by atoms with Crippen LogP contribution in [0.2, 0.25) is 0 Å². The van der Waals surface area contributed by atoms with Crippen LogP contribution in [-0.2, 0) is 5.41 Å². The Balaban J connectivity index is 1.14. The van der Waals surface area contributed by atoms with Gasteiger partial charge in [-0.3, -0.25) is 0 Å². The molecule has 1 aliphatic heterocycles. The zero-order chi connectivity index (χ0) is 40.8. The Morgan fingerprint density at radius 1 is 0.323 bits per heavy atom. The van der Waals surface area contributed by atoms with Crippen LogP contribution in [0.1, 0.15) is 22.3 Å². The lowest BCUT2D eigenvalue weighted by Gasteiger charge is -2.39. The van der Waals surface area contributed by atoms with Gasteiger partial charge in [-0.25, -0.2) is 4.98 Å². The van der Waals surface area contributed by atoms with Crippen LogP contribution in [-0.4, -0.2) is 9.55 Å². The van der Waals surface area contributed by atoms with Crippen LogP contribution in [0.4, 0.5) is 0 Å². The molecule has 0 N–H and O–H groups in total. The Morgan fingerprint density at radius 3 is 1.69 bits per heavy atom. The highest BCUT2D eigenvalue weighted by Crippen LogP contribution is 2.63. The smallest absolute Gasteiger partial charge is 0.0754 e. The molecule has 2 aromatic heterocycles. The molecule has 0 fully saturated rings. The molecule has 1 spiro atoms. The van der Waals surface area contributed by atoms with Crippen molar-refractivity contribution in [3.8, 4) is 72.7 Å². The number of para-hydroxylation sites is 3. The molecule has 0 radical (unpaired) electrons. The van der Waals surface area contributed by atoms with Crippen molar-refractivity contribution in [2.75, 3.05) is 0 Å². The number of fused-ring (bicyclic) bond motifs is 12. The summed E-state index contributed by atoms with van der Waals surface area (Å²) in [6.07, 6.45) is 0. The van der Waals surface area contributed by atoms with Crippen molar-refractivity contribution < 1.29 is 0 Å². The molecular weight excluding hydrogens is 749 g/mol. The molecule has 288 valence electrons. The average molecular weight is 787 g/mol. The summed E-state index contributed by atoms with van der Waals surface area (Å²) < 4.78 is 2.52. The minimum atomic E-state index is -0.592. The zero-order valence-corrected chi connectivity index (χ0v) is 33.8. The molecule has 2 heteroatoms. The molecule has 3 heterocycles. The van der Waals surface area contributed by atoms with Gasteiger partial charge in [0.1, 0.15) is 0 Å². The Hall–Kier alpha value is -8.07. The van der Waals surface area contributed by atoms with Crippen molar-refractivity contribution >= 4 is 21.8 Å². The quantitative estimate of drug-likeness (QED) is 0.170. The number of benzene rings is 9. The van der Waals surface area contributed by atoms with Crippen molar-refractivity contribution in [3.05, 3.63) is 253 Å². The zero-order valence-electron chi connectivity index (χ0n) is 33.8. The van der Waals surface area contributed by atoms with Gasteiger partial charge in [0.25, 0.3) is 0 Å². The van der Waals surface area contributed by atoms with Crippen LogP contribution in [0, 0.1) is 0 Å². The van der Waals surface area contributed by atoms with Crippen molar-refractivity contribution in [1.82, 2.24) is 9.55 Å². The summed E-state index contributed by atoms with van der Waals surface area (Å²) in [5.41, 5.74) is 22.0. The lowest BCUT2D eigenvalue weighted by Crippen LogP contribution is -2.33. The predicted octanol–water partition coefficient (Wildman–Crippen LogP) is 15.2. The highest BCUT2D eigenvalue weighted by atomic mass is 15.0. The minimum Gasteiger partial charge on any atom is -0.309 e. The molecule has 0 saturated carbocycles. The van der Waals surface area contributed by atoms with Gasteiger partial charge in [-0.15, -0.1) is 0 Å². The number of rotatable bonds is 5. The molecular formula is C60H38N2. The van der Waals surface area contributed by atoms with Crippen LogP contribution in [0.15, 0.2) is 231 Å². The van der Waals surface area contributed by atoms with Gasteiger partial charge in [-0.1, -0.05) is 194 Å². The number of aromatic nitrogens is 2. The SMILES string of the molecule is c1ccc(-c2cccc(-c3ccc4c(c3)-c3c(-c5cc(-c6ccccc6)cc(-c6ccccc6)n5)cccc3C43c4ccccc4-n4c5ccccc5c5cccc3c54)c2)cc1. The normalized spacial score (nSPS) is 14.5. The third kappa shape index (κ3) is 4.95. The van der Waals surface area contributed by atoms with Gasteiger partial charge in [0.2, 0.25) is 0 Å². The molecule has 9 aromatic carbocycles. The van der Waals surface area contributed by atoms with Crippen LogP contribution in [0.5, 0.6) is 0 Å². The van der Waals surface area contributed by atoms with Gasteiger partial charge in [0, 0.05) is 21.9 Å². The van der Waals surface area contributed by atoms with E-state index in [2.05, 4.69) is 235 Å². The Bertz CT molecular complexity index is 3510. The van der Waals surface area contributed by atoms with Crippen LogP contribution >= 0.6 is 0 Å². The van der Waals surface area contributed by atoms with Gasteiger partial charge in [0.15, 0.2) is 0 Å². The first-order chi connectivity index (χ1) is 30.8. The molecule has 1 atom stereocenters. The molecule has 2 nitrogen and oxygen atoms in total. The summed E-state index contributed by atoms with van der Waals surface area (Å²) in [5.74, 6) is 0. The Morgan fingerprint density at radius 2 is 0.887 bits per heavy atom. The van der Waals surface area contributed by atoms with Crippen molar-refractivity contribution in [2.45, 2.75) is 5.41 Å². The van der Waals surface area contributed by atoms with E-state index in [1.54, 1.807) is 0 Å². The second-order valence-corrected chi connectivity index (χ2v) is 16.6. The highest BCUT2D eigenvalue weighted by molar-refractivity contribution is 6.13. The van der Waals surface area contributed by atoms with Crippen molar-refractivity contribution in [3.63, 3.8) is 0 Å². The third-order valence-electron chi connectivity index (χ3n) is 13.4. The van der Waals surface area contributed by atoms with Gasteiger partial charge in [-0.05, 0) is 103 Å². The monoisotopic (exact) mass is 786 g/mol. The van der Waals surface area contributed by atoms with E-state index < -0.39 is 5.41 Å². The van der Waals surface area contributed by atoms with Gasteiger partial charge < -0.3 is 4.57 Å². The van der Waals surface area contributed by atoms with Crippen LogP contribution in [0.25, 0.3) is 94.5 Å². The molecule has 1 unspecified atom stereocenters. The first-order valence-corrected chi connectivity index (χ1v) is 21.5. The molecule has 13 rings (SSSR count). The first-order valence-electron chi connectivity index (χ1n) is 21.5. The van der Waals surface area contributed by atoms with Gasteiger partial charge in [-0.2, -0.15) is 0 Å². The second-order valence-electron chi connectivity index (χ2n) is 16.6. The summed E-state index contributed by atoms with van der Waals surface area (Å²) in [4.78, 5) is 5.55. The molecule has 1 aliphatic carbocycles. The topological polar surface area (TPSA) is 17.8 Å². The molecule has 2 aliphatic rings. The number of hydrogen-bond acceptors (Lipinski definition) is 1. The number of pyridine rings is 1. The summed E-state index contributed by atoms with van der Waals surface area (Å²) >= 11 is 0. The van der Waals surface area contributed by atoms with E-state index in [-0.39, 0.29) is 0 Å². The molecule has 0 amide bonds. The predicted molar refractivity (Wildman–Crippen MR) is 257 cm³/mol. The molecule has 62 heavy (non-hydrogen) atoms. The maximum atomic E-state index is 5.55. The van der Waals surface area contributed by atoms with E-state index in [1.165, 1.54) is 88.7 Å². The van der Waals surface area contributed by atoms with Gasteiger partial charge >= 0.3 is 0 Å². The van der Waals surface area contributed by atoms with E-state index >= 15 is 0 Å². The van der Waals surface area contributed by atoms with E-state index in [0.29, 0.717) is 0 Å². The fourth-order valence-corrected chi connectivity index (χ4v) is 10.8. The molecule has 0 saturated heterocycles. The lowest BCUT2D eigenvalue weighted by atomic mass is 9.65. The summed E-state index contributed by atoms with van der Waals surface area (Å²) in [5, 5.41) is 2.55. The maximum absolute atomic E-state index is 5.55. The summed E-state index contributed by atoms with van der Waals surface area (Å²) in [6.45, 7) is 0. The van der Waals surface area contributed by atoms with Crippen molar-refractivity contribution in [2.24, 2.45) is 0 Å². The summed E-state index contributed by atoms with van der Waals surface area (Å²) in [6, 6.07) is 84.6. The Kier molecular flexibility index (Phi) is 7.55. The second kappa shape index (κ2) is 13.5. The summed E-state index contributed by atoms with van der Waals surface area (Å²) in [7, 11) is 0. The third-order valence-corrected chi connectivity index (χ3v) is 13.4. The fraction of sp³-hybridized carbons (Fsp3) is 0.0167. The van der Waals surface area contributed by atoms with E-state index in [4.69, 9.17) is 4.98 Å². The largest absolute Gasteiger partial charge is 0.309 e. The minimum absolute atomic E-state index is 0.592. The van der Waals surface area contributed by atoms with Crippen LogP contribution in [0.3, 0.4) is 0 Å². The van der Waals surface area contributed by atoms with E-state index in [0.717, 1.165) is 28.1 Å². The average Bonchev–Trinajstić information content (AvgIpc) is 3.85. The highest BCUT2D eigenvalue weighted by Gasteiger charge is 2.51. The molecule has 0 bridgehead atoms. The van der Waals surface area contributed by atoms with Crippen LogP contribution < -0.4 is 0 Å². The number of nitrogens with zero attached hydrogens (tertiary/aromatic N) is 2. The lowest BCUT2D eigenvalue weighted by molar-refractivity contribution is 0.748. The van der Waals surface area contributed by atoms with E-state index in [1.807, 2.05) is 0 Å². The number of hydrogen-bond donors (Lipinski definition) is 0. The standard InChI is InChI=1S/C60H38N2/c1-4-17-39(18-5-1)42-23-14-24-43(35-42)44-33-34-50-49(36-44)58-48(55-38-45(40-19-6-2-7-20-40)37-54(61-55)41-21-8-3-9-22-41)27-16-29-52(58)60(50)51-28-11-13-32-57(51)62-56-31-12-10-25-46(56)47-26-15-30-53(60)59(47)62/h1-38H.